The Hall–Kier alpha value is -1.39. The zero-order chi connectivity index (χ0) is 15.0. The monoisotopic (exact) mass is 279 g/mol. The Kier molecular flexibility index (Phi) is 7.26. The highest BCUT2D eigenvalue weighted by molar-refractivity contribution is 5.80. The number of carbonyl (C=O) groups is 1. The zero-order valence-electron chi connectivity index (χ0n) is 12.5. The number of hydrogen-bond acceptors (Lipinski definition) is 3. The third-order valence-corrected chi connectivity index (χ3v) is 2.97. The van der Waals surface area contributed by atoms with Gasteiger partial charge in [0.25, 0.3) is 0 Å². The largest absolute Gasteiger partial charge is 0.391 e. The molecular formula is C16H25NO3. The SMILES string of the molecule is CC(C)CC(O)CNC(=O)C(C)OCc1ccccc1. The summed E-state index contributed by atoms with van der Waals surface area (Å²) in [5, 5.41) is 12.4. The Labute approximate surface area is 121 Å². The van der Waals surface area contributed by atoms with E-state index in [9.17, 15) is 9.90 Å². The minimum Gasteiger partial charge on any atom is -0.391 e. The molecule has 0 fully saturated rings. The molecule has 0 aliphatic rings. The molecule has 2 atom stereocenters. The molecule has 0 heterocycles. The second-order valence-electron chi connectivity index (χ2n) is 5.47. The van der Waals surface area contributed by atoms with Crippen LogP contribution in [0.2, 0.25) is 0 Å². The molecule has 1 aromatic carbocycles. The van der Waals surface area contributed by atoms with E-state index in [4.69, 9.17) is 4.74 Å². The summed E-state index contributed by atoms with van der Waals surface area (Å²) in [6, 6.07) is 9.72. The van der Waals surface area contributed by atoms with Crippen molar-refractivity contribution in [3.8, 4) is 0 Å². The Morgan fingerprint density at radius 3 is 2.50 bits per heavy atom. The van der Waals surface area contributed by atoms with E-state index in [1.165, 1.54) is 0 Å². The van der Waals surface area contributed by atoms with Crippen molar-refractivity contribution in [1.29, 1.82) is 0 Å². The van der Waals surface area contributed by atoms with Crippen molar-refractivity contribution in [2.24, 2.45) is 5.92 Å². The summed E-state index contributed by atoms with van der Waals surface area (Å²) < 4.78 is 5.51. The molecule has 0 saturated carbocycles. The molecule has 0 spiro atoms. The average Bonchev–Trinajstić information content (AvgIpc) is 2.42. The van der Waals surface area contributed by atoms with E-state index < -0.39 is 12.2 Å². The van der Waals surface area contributed by atoms with Crippen LogP contribution in [0.1, 0.15) is 32.8 Å². The molecule has 0 saturated heterocycles. The standard InChI is InChI=1S/C16H25NO3/c1-12(2)9-15(18)10-17-16(19)13(3)20-11-14-7-5-4-6-8-14/h4-8,12-13,15,18H,9-11H2,1-3H3,(H,17,19). The summed E-state index contributed by atoms with van der Waals surface area (Å²) in [5.41, 5.74) is 1.03. The molecule has 2 N–H and O–H groups in total. The van der Waals surface area contributed by atoms with Gasteiger partial charge in [0.1, 0.15) is 6.10 Å². The predicted molar refractivity (Wildman–Crippen MR) is 79.2 cm³/mol. The van der Waals surface area contributed by atoms with Gasteiger partial charge >= 0.3 is 0 Å². The lowest BCUT2D eigenvalue weighted by molar-refractivity contribution is -0.133. The van der Waals surface area contributed by atoms with Crippen LogP contribution in [0, 0.1) is 5.92 Å². The Bertz CT molecular complexity index is 392. The maximum atomic E-state index is 11.8. The highest BCUT2D eigenvalue weighted by atomic mass is 16.5. The topological polar surface area (TPSA) is 58.6 Å². The second-order valence-corrected chi connectivity index (χ2v) is 5.47. The quantitative estimate of drug-likeness (QED) is 0.766. The molecule has 2 unspecified atom stereocenters. The van der Waals surface area contributed by atoms with E-state index in [1.54, 1.807) is 6.92 Å². The third-order valence-electron chi connectivity index (χ3n) is 2.97. The smallest absolute Gasteiger partial charge is 0.248 e. The van der Waals surface area contributed by atoms with Gasteiger partial charge in [0.2, 0.25) is 5.91 Å². The molecule has 0 aromatic heterocycles. The minimum atomic E-state index is -0.526. The molecule has 20 heavy (non-hydrogen) atoms. The molecule has 1 rings (SSSR count). The first-order valence-electron chi connectivity index (χ1n) is 7.10. The van der Waals surface area contributed by atoms with Crippen molar-refractivity contribution >= 4 is 5.91 Å². The van der Waals surface area contributed by atoms with Gasteiger partial charge in [0, 0.05) is 6.54 Å². The van der Waals surface area contributed by atoms with Gasteiger partial charge in [0.05, 0.1) is 12.7 Å². The van der Waals surface area contributed by atoms with Gasteiger partial charge in [-0.1, -0.05) is 44.2 Å². The summed E-state index contributed by atoms with van der Waals surface area (Å²) in [6.45, 7) is 6.47. The van der Waals surface area contributed by atoms with Crippen LogP contribution in [-0.4, -0.2) is 29.8 Å². The van der Waals surface area contributed by atoms with E-state index in [1.807, 2.05) is 44.2 Å². The number of rotatable bonds is 8. The van der Waals surface area contributed by atoms with Crippen LogP contribution in [0.15, 0.2) is 30.3 Å². The lowest BCUT2D eigenvalue weighted by atomic mass is 10.1. The maximum absolute atomic E-state index is 11.8. The van der Waals surface area contributed by atoms with E-state index in [0.29, 0.717) is 18.9 Å². The fourth-order valence-corrected chi connectivity index (χ4v) is 1.86. The van der Waals surface area contributed by atoms with Crippen LogP contribution in [0.4, 0.5) is 0 Å². The van der Waals surface area contributed by atoms with Gasteiger partial charge in [0.15, 0.2) is 0 Å². The van der Waals surface area contributed by atoms with Gasteiger partial charge in [-0.25, -0.2) is 0 Å². The molecule has 4 nitrogen and oxygen atoms in total. The van der Waals surface area contributed by atoms with Crippen molar-refractivity contribution in [1.82, 2.24) is 5.32 Å². The molecule has 4 heteroatoms. The van der Waals surface area contributed by atoms with Gasteiger partial charge in [-0.2, -0.15) is 0 Å². The van der Waals surface area contributed by atoms with Crippen molar-refractivity contribution in [3.05, 3.63) is 35.9 Å². The van der Waals surface area contributed by atoms with E-state index in [0.717, 1.165) is 5.56 Å². The second kappa shape index (κ2) is 8.72. The van der Waals surface area contributed by atoms with Gasteiger partial charge in [-0.05, 0) is 24.8 Å². The van der Waals surface area contributed by atoms with Crippen molar-refractivity contribution in [2.45, 2.75) is 46.0 Å². The maximum Gasteiger partial charge on any atom is 0.248 e. The number of nitrogens with one attached hydrogen (secondary N) is 1. The summed E-state index contributed by atoms with van der Waals surface area (Å²) in [6.07, 6.45) is -0.346. The van der Waals surface area contributed by atoms with Gasteiger partial charge in [-0.3, -0.25) is 4.79 Å². The number of amides is 1. The molecule has 1 aromatic rings. The van der Waals surface area contributed by atoms with Crippen molar-refractivity contribution in [2.75, 3.05) is 6.54 Å². The number of ether oxygens (including phenoxy) is 1. The lowest BCUT2D eigenvalue weighted by Gasteiger charge is -2.17. The summed E-state index contributed by atoms with van der Waals surface area (Å²) in [4.78, 5) is 11.8. The molecule has 112 valence electrons. The molecule has 0 radical (unpaired) electrons. The molecule has 0 aliphatic carbocycles. The van der Waals surface area contributed by atoms with Gasteiger partial charge < -0.3 is 15.2 Å². The van der Waals surface area contributed by atoms with E-state index in [2.05, 4.69) is 5.32 Å². The predicted octanol–water partition coefficient (Wildman–Crippen LogP) is 2.11. The van der Waals surface area contributed by atoms with Crippen LogP contribution in [0.3, 0.4) is 0 Å². The Balaban J connectivity index is 2.25. The van der Waals surface area contributed by atoms with Crippen molar-refractivity contribution in [3.63, 3.8) is 0 Å². The first-order chi connectivity index (χ1) is 9.49. The average molecular weight is 279 g/mol. The van der Waals surface area contributed by atoms with E-state index >= 15 is 0 Å². The summed E-state index contributed by atoms with van der Waals surface area (Å²) in [7, 11) is 0. The van der Waals surface area contributed by atoms with Crippen LogP contribution >= 0.6 is 0 Å². The Morgan fingerprint density at radius 2 is 1.90 bits per heavy atom. The fourth-order valence-electron chi connectivity index (χ4n) is 1.86. The molecule has 1 amide bonds. The highest BCUT2D eigenvalue weighted by Gasteiger charge is 2.15. The first-order valence-corrected chi connectivity index (χ1v) is 7.10. The summed E-state index contributed by atoms with van der Waals surface area (Å²) in [5.74, 6) is 0.220. The van der Waals surface area contributed by atoms with Crippen LogP contribution in [-0.2, 0) is 16.1 Å². The fraction of sp³-hybridized carbons (Fsp3) is 0.562. The number of aliphatic hydroxyl groups is 1. The van der Waals surface area contributed by atoms with Crippen LogP contribution in [0.5, 0.6) is 0 Å². The van der Waals surface area contributed by atoms with Crippen LogP contribution in [0.25, 0.3) is 0 Å². The number of carbonyl (C=O) groups excluding carboxylic acids is 1. The van der Waals surface area contributed by atoms with Gasteiger partial charge in [-0.15, -0.1) is 0 Å². The first kappa shape index (κ1) is 16.7. The van der Waals surface area contributed by atoms with E-state index in [-0.39, 0.29) is 12.5 Å². The molecule has 0 bridgehead atoms. The highest BCUT2D eigenvalue weighted by Crippen LogP contribution is 2.05. The molecular weight excluding hydrogens is 254 g/mol. The normalized spacial score (nSPS) is 14.1. The summed E-state index contributed by atoms with van der Waals surface area (Å²) >= 11 is 0. The Morgan fingerprint density at radius 1 is 1.25 bits per heavy atom. The number of aliphatic hydroxyl groups excluding tert-OH is 1. The third kappa shape index (κ3) is 6.68. The molecule has 0 aliphatic heterocycles. The zero-order valence-corrected chi connectivity index (χ0v) is 12.5. The van der Waals surface area contributed by atoms with Crippen LogP contribution < -0.4 is 5.32 Å². The number of benzene rings is 1. The number of hydrogen-bond donors (Lipinski definition) is 2. The minimum absolute atomic E-state index is 0.191. The lowest BCUT2D eigenvalue weighted by Crippen LogP contribution is -2.39. The van der Waals surface area contributed by atoms with Crippen molar-refractivity contribution < 1.29 is 14.6 Å².